The largest absolute Gasteiger partial charge is 0.461 e. The molecule has 3 saturated heterocycles. The van der Waals surface area contributed by atoms with E-state index in [0.29, 0.717) is 32.2 Å². The van der Waals surface area contributed by atoms with Gasteiger partial charge in [0.1, 0.15) is 24.2 Å². The highest BCUT2D eigenvalue weighted by molar-refractivity contribution is 5.99. The molecule has 36 heavy (non-hydrogen) atoms. The van der Waals surface area contributed by atoms with Crippen molar-refractivity contribution in [3.63, 3.8) is 0 Å². The minimum atomic E-state index is -1.11. The van der Waals surface area contributed by atoms with Crippen LogP contribution in [0.15, 0.2) is 25.3 Å². The molecular weight excluding hydrogens is 460 g/mol. The summed E-state index contributed by atoms with van der Waals surface area (Å²) in [7, 11) is 0. The molecule has 3 heterocycles. The van der Waals surface area contributed by atoms with Gasteiger partial charge in [0.05, 0.1) is 24.2 Å². The molecule has 0 radical (unpaired) electrons. The lowest BCUT2D eigenvalue weighted by atomic mass is 9.65. The van der Waals surface area contributed by atoms with Crippen molar-refractivity contribution in [2.75, 3.05) is 19.8 Å². The third kappa shape index (κ3) is 4.01. The summed E-state index contributed by atoms with van der Waals surface area (Å²) in [5.41, 5.74) is -1.95. The molecule has 4 fully saturated rings. The lowest BCUT2D eigenvalue weighted by Gasteiger charge is -2.42. The first kappa shape index (κ1) is 26.9. The van der Waals surface area contributed by atoms with Gasteiger partial charge in [0.25, 0.3) is 0 Å². The first-order valence-corrected chi connectivity index (χ1v) is 13.7. The first-order chi connectivity index (χ1) is 17.4. The molecule has 200 valence electrons. The Kier molecular flexibility index (Phi) is 7.95. The summed E-state index contributed by atoms with van der Waals surface area (Å²) in [5.74, 6) is -2.52. The third-order valence-electron chi connectivity index (χ3n) is 9.15. The normalized spacial score (nSPS) is 34.4. The van der Waals surface area contributed by atoms with E-state index in [2.05, 4.69) is 13.2 Å². The zero-order valence-electron chi connectivity index (χ0n) is 21.8. The van der Waals surface area contributed by atoms with Crippen LogP contribution in [0.3, 0.4) is 0 Å². The average molecular weight is 503 g/mol. The van der Waals surface area contributed by atoms with Crippen LogP contribution in [0.5, 0.6) is 0 Å². The van der Waals surface area contributed by atoms with Crippen molar-refractivity contribution in [1.82, 2.24) is 9.80 Å². The smallest absolute Gasteiger partial charge is 0.313 e. The number of nitrogens with zero attached hydrogens (tertiary/aromatic N) is 2. The molecule has 2 amide bonds. The van der Waals surface area contributed by atoms with Crippen molar-refractivity contribution in [1.29, 1.82) is 0 Å². The Hall–Kier alpha value is -2.19. The van der Waals surface area contributed by atoms with Crippen molar-refractivity contribution in [3.05, 3.63) is 25.3 Å². The van der Waals surface area contributed by atoms with Crippen LogP contribution in [0.2, 0.25) is 0 Å². The molecule has 4 aliphatic rings. The Bertz CT molecular complexity index is 881. The maximum atomic E-state index is 14.5. The van der Waals surface area contributed by atoms with E-state index in [1.807, 2.05) is 18.7 Å². The predicted molar refractivity (Wildman–Crippen MR) is 135 cm³/mol. The van der Waals surface area contributed by atoms with Crippen molar-refractivity contribution in [3.8, 4) is 0 Å². The molecule has 0 aromatic carbocycles. The molecule has 1 saturated carbocycles. The lowest BCUT2D eigenvalue weighted by Crippen LogP contribution is -2.60. The zero-order chi connectivity index (χ0) is 26.1. The molecule has 0 aromatic heterocycles. The van der Waals surface area contributed by atoms with Gasteiger partial charge >= 0.3 is 5.97 Å². The van der Waals surface area contributed by atoms with E-state index in [-0.39, 0.29) is 31.1 Å². The number of aliphatic hydroxyl groups is 1. The van der Waals surface area contributed by atoms with Crippen LogP contribution in [0, 0.1) is 11.8 Å². The van der Waals surface area contributed by atoms with Gasteiger partial charge in [-0.3, -0.25) is 14.4 Å². The van der Waals surface area contributed by atoms with Crippen molar-refractivity contribution < 1.29 is 29.0 Å². The fourth-order valence-corrected chi connectivity index (χ4v) is 7.44. The molecule has 1 N–H and O–H groups in total. The zero-order valence-corrected chi connectivity index (χ0v) is 21.8. The van der Waals surface area contributed by atoms with E-state index in [1.54, 1.807) is 11.0 Å². The average Bonchev–Trinajstić information content (AvgIpc) is 3.51. The molecule has 8 heteroatoms. The fourth-order valence-electron chi connectivity index (χ4n) is 7.44. The highest BCUT2D eigenvalue weighted by Gasteiger charge is 2.79. The lowest BCUT2D eigenvalue weighted by molar-refractivity contribution is -0.163. The fraction of sp³-hybridized carbons (Fsp3) is 0.750. The van der Waals surface area contributed by atoms with Crippen molar-refractivity contribution in [2.24, 2.45) is 11.8 Å². The number of fused-ring (bicyclic) bond motifs is 1. The van der Waals surface area contributed by atoms with Gasteiger partial charge in [0.2, 0.25) is 11.8 Å². The van der Waals surface area contributed by atoms with Gasteiger partial charge in [-0.25, -0.2) is 0 Å². The summed E-state index contributed by atoms with van der Waals surface area (Å²) in [6.45, 7) is 11.6. The highest BCUT2D eigenvalue weighted by Crippen LogP contribution is 2.65. The van der Waals surface area contributed by atoms with Gasteiger partial charge in [-0.2, -0.15) is 0 Å². The topological polar surface area (TPSA) is 96.4 Å². The Balaban J connectivity index is 1.80. The Morgan fingerprint density at radius 2 is 1.94 bits per heavy atom. The van der Waals surface area contributed by atoms with Gasteiger partial charge in [-0.15, -0.1) is 6.58 Å². The van der Waals surface area contributed by atoms with E-state index in [1.165, 1.54) is 6.08 Å². The second-order valence-electron chi connectivity index (χ2n) is 10.8. The number of ether oxygens (including phenoxy) is 2. The van der Waals surface area contributed by atoms with E-state index in [0.717, 1.165) is 32.1 Å². The summed E-state index contributed by atoms with van der Waals surface area (Å²) in [6.07, 6.45) is 10.5. The van der Waals surface area contributed by atoms with Crippen LogP contribution >= 0.6 is 0 Å². The molecule has 0 aromatic rings. The molecule has 2 bridgehead atoms. The van der Waals surface area contributed by atoms with Gasteiger partial charge in [0, 0.05) is 12.6 Å². The SMILES string of the molecule is C=CCOC(=O)[C@@H]1[C@H]2C(=O)N([C@@H](CC)CO)C(C(=O)N(CC=C)C3CCCCC3)C23CC[C@@]1(CC)O3. The number of aliphatic hydroxyl groups excluding tert-OH is 1. The maximum absolute atomic E-state index is 14.5. The van der Waals surface area contributed by atoms with Crippen molar-refractivity contribution in [2.45, 2.75) is 101 Å². The molecule has 3 aliphatic heterocycles. The van der Waals surface area contributed by atoms with E-state index >= 15 is 0 Å². The molecule has 1 spiro atoms. The number of hydrogen-bond donors (Lipinski definition) is 1. The summed E-state index contributed by atoms with van der Waals surface area (Å²) >= 11 is 0. The number of likely N-dealkylation sites (tertiary alicyclic amines) is 1. The first-order valence-electron chi connectivity index (χ1n) is 13.7. The van der Waals surface area contributed by atoms with E-state index in [9.17, 15) is 19.5 Å². The van der Waals surface area contributed by atoms with Crippen LogP contribution in [-0.2, 0) is 23.9 Å². The molecule has 2 unspecified atom stereocenters. The summed E-state index contributed by atoms with van der Waals surface area (Å²) in [4.78, 5) is 45.4. The van der Waals surface area contributed by atoms with E-state index < -0.39 is 41.1 Å². The summed E-state index contributed by atoms with van der Waals surface area (Å²) in [5, 5.41) is 10.2. The molecule has 1 aliphatic carbocycles. The van der Waals surface area contributed by atoms with Gasteiger partial charge in [-0.05, 0) is 38.5 Å². The summed E-state index contributed by atoms with van der Waals surface area (Å²) in [6, 6.07) is -1.34. The Labute approximate surface area is 214 Å². The van der Waals surface area contributed by atoms with Crippen LogP contribution < -0.4 is 0 Å². The Morgan fingerprint density at radius 1 is 1.22 bits per heavy atom. The highest BCUT2D eigenvalue weighted by atomic mass is 16.6. The number of hydrogen-bond acceptors (Lipinski definition) is 6. The predicted octanol–water partition coefficient (Wildman–Crippen LogP) is 2.99. The van der Waals surface area contributed by atoms with Gasteiger partial charge in [0.15, 0.2) is 0 Å². The third-order valence-corrected chi connectivity index (χ3v) is 9.15. The number of rotatable bonds is 11. The molecule has 8 nitrogen and oxygen atoms in total. The van der Waals surface area contributed by atoms with Gasteiger partial charge < -0.3 is 24.4 Å². The molecule has 4 rings (SSSR count). The molecular formula is C28H42N2O6. The monoisotopic (exact) mass is 502 g/mol. The number of esters is 1. The minimum absolute atomic E-state index is 0.0537. The van der Waals surface area contributed by atoms with Crippen molar-refractivity contribution >= 4 is 17.8 Å². The minimum Gasteiger partial charge on any atom is -0.461 e. The summed E-state index contributed by atoms with van der Waals surface area (Å²) < 4.78 is 12.2. The quantitative estimate of drug-likeness (QED) is 0.345. The standard InChI is InChI=1S/C28H42N2O6/c1-5-16-29(20-12-10-9-11-13-20)25(33)23-28-15-14-27(8-4,36-28)22(26(34)35-17-6-2)21(28)24(32)30(23)19(7-3)18-31/h5-6,19-23,31H,1-2,7-18H2,3-4H3/t19-,21-,22-,23?,27+,28?/m0/s1. The maximum Gasteiger partial charge on any atom is 0.313 e. The van der Waals surface area contributed by atoms with Gasteiger partial charge in [-0.1, -0.05) is 51.8 Å². The van der Waals surface area contributed by atoms with Crippen LogP contribution in [0.25, 0.3) is 0 Å². The van der Waals surface area contributed by atoms with Crippen LogP contribution in [0.1, 0.15) is 71.6 Å². The van der Waals surface area contributed by atoms with Crippen LogP contribution in [0.4, 0.5) is 0 Å². The second kappa shape index (κ2) is 10.7. The number of carbonyl (C=O) groups is 3. The van der Waals surface area contributed by atoms with Crippen LogP contribution in [-0.4, -0.2) is 81.8 Å². The Morgan fingerprint density at radius 3 is 2.53 bits per heavy atom. The number of amides is 2. The second-order valence-corrected chi connectivity index (χ2v) is 10.8. The molecule has 6 atom stereocenters. The number of carbonyl (C=O) groups excluding carboxylic acids is 3. The van der Waals surface area contributed by atoms with E-state index in [4.69, 9.17) is 9.47 Å².